The van der Waals surface area contributed by atoms with E-state index in [1.54, 1.807) is 12.1 Å². The standard InChI is InChI=1S/C18H16N6O7/c25-17(21-19-9-13-3-1-5-15(7-13)23(27)28)11-31-12-18(26)22-20-10-14-4-2-6-16(8-14)24(29)30/h1-10H,11-12H2,(H,21,25)(H,22,26). The van der Waals surface area contributed by atoms with Crippen molar-refractivity contribution in [3.63, 3.8) is 0 Å². The Hall–Kier alpha value is -4.52. The molecule has 0 unspecified atom stereocenters. The number of ether oxygens (including phenoxy) is 1. The molecule has 13 heteroatoms. The molecule has 0 fully saturated rings. The first-order chi connectivity index (χ1) is 14.8. The molecule has 160 valence electrons. The predicted molar refractivity (Wildman–Crippen MR) is 108 cm³/mol. The molecule has 0 aliphatic carbocycles. The van der Waals surface area contributed by atoms with Crippen LogP contribution in [0.2, 0.25) is 0 Å². The number of nitrogens with one attached hydrogen (secondary N) is 2. The van der Waals surface area contributed by atoms with Crippen LogP contribution in [-0.2, 0) is 14.3 Å². The SMILES string of the molecule is O=C(COCC(=O)NN=Cc1cccc([N+](=O)[O-])c1)NN=Cc1cccc([N+](=O)[O-])c1. The zero-order valence-corrected chi connectivity index (χ0v) is 15.8. The van der Waals surface area contributed by atoms with Crippen LogP contribution in [0.25, 0.3) is 0 Å². The Balaban J connectivity index is 1.69. The van der Waals surface area contributed by atoms with Gasteiger partial charge in [-0.15, -0.1) is 0 Å². The van der Waals surface area contributed by atoms with Crippen LogP contribution < -0.4 is 10.9 Å². The lowest BCUT2D eigenvalue weighted by Crippen LogP contribution is -2.28. The summed E-state index contributed by atoms with van der Waals surface area (Å²) in [5, 5.41) is 28.7. The van der Waals surface area contributed by atoms with Gasteiger partial charge < -0.3 is 4.74 Å². The average molecular weight is 428 g/mol. The first-order valence-electron chi connectivity index (χ1n) is 8.55. The molecule has 0 spiro atoms. The van der Waals surface area contributed by atoms with Crippen LogP contribution in [0.1, 0.15) is 11.1 Å². The molecule has 0 saturated carbocycles. The van der Waals surface area contributed by atoms with Gasteiger partial charge in [0.25, 0.3) is 23.2 Å². The number of rotatable bonds is 10. The molecule has 13 nitrogen and oxygen atoms in total. The number of nitro benzene ring substituents is 2. The van der Waals surface area contributed by atoms with Crippen LogP contribution in [0.3, 0.4) is 0 Å². The number of carbonyl (C=O) groups excluding carboxylic acids is 2. The molecule has 0 saturated heterocycles. The molecule has 0 aliphatic rings. The molecule has 2 rings (SSSR count). The number of nitrogens with zero attached hydrogens (tertiary/aromatic N) is 4. The molecule has 2 N–H and O–H groups in total. The molecular weight excluding hydrogens is 412 g/mol. The number of benzene rings is 2. The summed E-state index contributed by atoms with van der Waals surface area (Å²) in [6.45, 7) is -0.928. The molecule has 2 amide bonds. The van der Waals surface area contributed by atoms with Gasteiger partial charge in [0.2, 0.25) is 0 Å². The number of carbonyl (C=O) groups is 2. The lowest BCUT2D eigenvalue weighted by atomic mass is 10.2. The number of hydrazone groups is 2. The van der Waals surface area contributed by atoms with Gasteiger partial charge in [0, 0.05) is 35.4 Å². The van der Waals surface area contributed by atoms with Crippen molar-refractivity contribution in [2.75, 3.05) is 13.2 Å². The predicted octanol–water partition coefficient (Wildman–Crippen LogP) is 1.12. The molecule has 0 heterocycles. The normalized spacial score (nSPS) is 10.8. The van der Waals surface area contributed by atoms with Crippen LogP contribution in [0, 0.1) is 20.2 Å². The minimum absolute atomic E-state index is 0.113. The van der Waals surface area contributed by atoms with E-state index < -0.39 is 34.9 Å². The number of amides is 2. The number of non-ortho nitro benzene ring substituents is 2. The van der Waals surface area contributed by atoms with E-state index in [1.807, 2.05) is 0 Å². The van der Waals surface area contributed by atoms with Crippen LogP contribution in [0.4, 0.5) is 11.4 Å². The molecular formula is C18H16N6O7. The van der Waals surface area contributed by atoms with Gasteiger partial charge in [-0.1, -0.05) is 24.3 Å². The molecule has 0 bridgehead atoms. The Morgan fingerprint density at radius 1 is 0.839 bits per heavy atom. The van der Waals surface area contributed by atoms with Gasteiger partial charge in [0.05, 0.1) is 22.3 Å². The summed E-state index contributed by atoms with van der Waals surface area (Å²) >= 11 is 0. The third-order valence-electron chi connectivity index (χ3n) is 3.43. The second-order valence-electron chi connectivity index (χ2n) is 5.78. The minimum Gasteiger partial charge on any atom is -0.362 e. The molecule has 2 aromatic rings. The summed E-state index contributed by atoms with van der Waals surface area (Å²) in [5.74, 6) is -1.29. The second kappa shape index (κ2) is 11.5. The van der Waals surface area contributed by atoms with E-state index in [0.29, 0.717) is 11.1 Å². The highest BCUT2D eigenvalue weighted by Gasteiger charge is 2.06. The Bertz CT molecular complexity index is 956. The van der Waals surface area contributed by atoms with Gasteiger partial charge in [-0.3, -0.25) is 29.8 Å². The van der Waals surface area contributed by atoms with Gasteiger partial charge in [-0.25, -0.2) is 10.9 Å². The Labute approximate surface area is 174 Å². The van der Waals surface area contributed by atoms with Crippen molar-refractivity contribution < 1.29 is 24.2 Å². The fraction of sp³-hybridized carbons (Fsp3) is 0.111. The quantitative estimate of drug-likeness (QED) is 0.323. The van der Waals surface area contributed by atoms with E-state index in [4.69, 9.17) is 4.74 Å². The van der Waals surface area contributed by atoms with Gasteiger partial charge in [0.1, 0.15) is 13.2 Å². The fourth-order valence-corrected chi connectivity index (χ4v) is 2.10. The summed E-state index contributed by atoms with van der Waals surface area (Å²) in [4.78, 5) is 43.5. The summed E-state index contributed by atoms with van der Waals surface area (Å²) in [6, 6.07) is 11.3. The van der Waals surface area contributed by atoms with E-state index in [2.05, 4.69) is 21.1 Å². The van der Waals surface area contributed by atoms with Crippen LogP contribution >= 0.6 is 0 Å². The summed E-state index contributed by atoms with van der Waals surface area (Å²) in [6.07, 6.45) is 2.44. The van der Waals surface area contributed by atoms with Crippen molar-refractivity contribution in [3.05, 3.63) is 79.9 Å². The van der Waals surface area contributed by atoms with Crippen molar-refractivity contribution in [2.45, 2.75) is 0 Å². The van der Waals surface area contributed by atoms with Gasteiger partial charge in [-0.2, -0.15) is 10.2 Å². The van der Waals surface area contributed by atoms with Crippen molar-refractivity contribution in [1.29, 1.82) is 0 Å². The average Bonchev–Trinajstić information content (AvgIpc) is 2.74. The Morgan fingerprint density at radius 3 is 1.65 bits per heavy atom. The Kier molecular flexibility index (Phi) is 8.43. The third kappa shape index (κ3) is 8.16. The number of hydrogen-bond donors (Lipinski definition) is 2. The first kappa shape index (κ1) is 22.8. The highest BCUT2D eigenvalue weighted by atomic mass is 16.6. The summed E-state index contributed by atoms with van der Waals surface area (Å²) in [5.41, 5.74) is 4.90. The zero-order chi connectivity index (χ0) is 22.6. The van der Waals surface area contributed by atoms with Crippen molar-refractivity contribution >= 4 is 35.6 Å². The summed E-state index contributed by atoms with van der Waals surface area (Å²) < 4.78 is 4.91. The summed E-state index contributed by atoms with van der Waals surface area (Å²) in [7, 11) is 0. The monoisotopic (exact) mass is 428 g/mol. The zero-order valence-electron chi connectivity index (χ0n) is 15.8. The fourth-order valence-electron chi connectivity index (χ4n) is 2.10. The maximum atomic E-state index is 11.6. The van der Waals surface area contributed by atoms with Crippen LogP contribution in [0.15, 0.2) is 58.7 Å². The lowest BCUT2D eigenvalue weighted by Gasteiger charge is -2.02. The highest BCUT2D eigenvalue weighted by molar-refractivity contribution is 5.84. The van der Waals surface area contributed by atoms with Gasteiger partial charge in [0.15, 0.2) is 0 Å². The number of hydrogen-bond acceptors (Lipinski definition) is 9. The minimum atomic E-state index is -0.644. The van der Waals surface area contributed by atoms with E-state index >= 15 is 0 Å². The van der Waals surface area contributed by atoms with E-state index in [1.165, 1.54) is 48.8 Å². The largest absolute Gasteiger partial charge is 0.362 e. The number of nitro groups is 2. The van der Waals surface area contributed by atoms with Gasteiger partial charge in [-0.05, 0) is 0 Å². The lowest BCUT2D eigenvalue weighted by molar-refractivity contribution is -0.385. The third-order valence-corrected chi connectivity index (χ3v) is 3.43. The van der Waals surface area contributed by atoms with Crippen LogP contribution in [-0.4, -0.2) is 47.3 Å². The maximum absolute atomic E-state index is 11.6. The van der Waals surface area contributed by atoms with Crippen molar-refractivity contribution in [3.8, 4) is 0 Å². The van der Waals surface area contributed by atoms with Crippen molar-refractivity contribution in [2.24, 2.45) is 10.2 Å². The van der Waals surface area contributed by atoms with Gasteiger partial charge >= 0.3 is 0 Å². The molecule has 0 aromatic heterocycles. The maximum Gasteiger partial charge on any atom is 0.270 e. The Morgan fingerprint density at radius 2 is 1.26 bits per heavy atom. The first-order valence-corrected chi connectivity index (χ1v) is 8.55. The molecule has 0 aliphatic heterocycles. The van der Waals surface area contributed by atoms with Crippen molar-refractivity contribution in [1.82, 2.24) is 10.9 Å². The molecule has 2 aromatic carbocycles. The topological polar surface area (TPSA) is 178 Å². The molecule has 0 radical (unpaired) electrons. The van der Waals surface area contributed by atoms with Crippen LogP contribution in [0.5, 0.6) is 0 Å². The second-order valence-corrected chi connectivity index (χ2v) is 5.78. The molecule has 31 heavy (non-hydrogen) atoms. The smallest absolute Gasteiger partial charge is 0.270 e. The highest BCUT2D eigenvalue weighted by Crippen LogP contribution is 2.12. The molecule has 0 atom stereocenters. The van der Waals surface area contributed by atoms with E-state index in [-0.39, 0.29) is 11.4 Å². The van der Waals surface area contributed by atoms with E-state index in [0.717, 1.165) is 0 Å². The van der Waals surface area contributed by atoms with E-state index in [9.17, 15) is 29.8 Å².